The summed E-state index contributed by atoms with van der Waals surface area (Å²) in [6, 6.07) is 1.41. The molecule has 8 heteroatoms. The molecule has 0 spiro atoms. The van der Waals surface area contributed by atoms with E-state index in [1.54, 1.807) is 18.6 Å². The van der Waals surface area contributed by atoms with Crippen LogP contribution in [0.25, 0.3) is 0 Å². The number of nitrogens with one attached hydrogen (secondary N) is 1. The molecule has 20 heavy (non-hydrogen) atoms. The molecule has 1 aromatic rings. The first kappa shape index (κ1) is 15.4. The zero-order valence-corrected chi connectivity index (χ0v) is 12.7. The molecule has 0 radical (unpaired) electrons. The molecule has 0 aliphatic heterocycles. The van der Waals surface area contributed by atoms with E-state index < -0.39 is 16.0 Å². The number of sulfonamides is 1. The highest BCUT2D eigenvalue weighted by Crippen LogP contribution is 2.23. The number of carboxylic acid groups (broad SMARTS) is 1. The molecule has 1 aromatic heterocycles. The topological polar surface area (TPSA) is 92.7 Å². The van der Waals surface area contributed by atoms with E-state index in [0.717, 1.165) is 24.2 Å². The fraction of sp³-hybridized carbons (Fsp3) is 0.583. The van der Waals surface area contributed by atoms with Crippen LogP contribution in [0.2, 0.25) is 0 Å². The van der Waals surface area contributed by atoms with E-state index in [0.29, 0.717) is 12.0 Å². The molecular formula is C12H17NO5S2. The highest BCUT2D eigenvalue weighted by atomic mass is 32.2. The van der Waals surface area contributed by atoms with Gasteiger partial charge in [-0.3, -0.25) is 0 Å². The molecular weight excluding hydrogens is 302 g/mol. The third kappa shape index (κ3) is 3.78. The van der Waals surface area contributed by atoms with Crippen molar-refractivity contribution in [3.63, 3.8) is 0 Å². The molecule has 2 rings (SSSR count). The number of aromatic carboxylic acids is 1. The van der Waals surface area contributed by atoms with Crippen LogP contribution in [0.4, 0.5) is 0 Å². The van der Waals surface area contributed by atoms with E-state index in [1.165, 1.54) is 0 Å². The van der Waals surface area contributed by atoms with Gasteiger partial charge in [-0.2, -0.15) is 0 Å². The van der Waals surface area contributed by atoms with Crippen molar-refractivity contribution in [3.05, 3.63) is 21.9 Å². The minimum absolute atomic E-state index is 0.0802. The van der Waals surface area contributed by atoms with Crippen molar-refractivity contribution < 1.29 is 23.1 Å². The van der Waals surface area contributed by atoms with Gasteiger partial charge in [0.05, 0.1) is 11.9 Å². The first-order valence-corrected chi connectivity index (χ1v) is 8.77. The molecule has 0 amide bonds. The molecule has 1 aliphatic carbocycles. The summed E-state index contributed by atoms with van der Waals surface area (Å²) in [7, 11) is -1.92. The Hall–Kier alpha value is -0.960. The molecule has 0 bridgehead atoms. The molecule has 2 N–H and O–H groups in total. The highest BCUT2D eigenvalue weighted by molar-refractivity contribution is 7.88. The van der Waals surface area contributed by atoms with Crippen molar-refractivity contribution in [2.45, 2.75) is 37.2 Å². The van der Waals surface area contributed by atoms with E-state index in [1.807, 2.05) is 0 Å². The molecule has 1 fully saturated rings. The van der Waals surface area contributed by atoms with Crippen LogP contribution in [-0.2, 0) is 20.5 Å². The summed E-state index contributed by atoms with van der Waals surface area (Å²) in [6.45, 7) is 0. The first-order chi connectivity index (χ1) is 9.41. The fourth-order valence-electron chi connectivity index (χ4n) is 2.40. The highest BCUT2D eigenvalue weighted by Gasteiger charge is 2.28. The summed E-state index contributed by atoms with van der Waals surface area (Å²) in [5.41, 5.74) is 0.330. The van der Waals surface area contributed by atoms with Crippen LogP contribution in [0.15, 0.2) is 11.4 Å². The van der Waals surface area contributed by atoms with Gasteiger partial charge >= 0.3 is 5.97 Å². The molecule has 0 aromatic carbocycles. The lowest BCUT2D eigenvalue weighted by Crippen LogP contribution is -2.34. The Kier molecular flexibility index (Phi) is 4.79. The second-order valence-corrected chi connectivity index (χ2v) is 7.49. The number of carboxylic acids is 1. The Balaban J connectivity index is 2.01. The van der Waals surface area contributed by atoms with Gasteiger partial charge in [0.25, 0.3) is 0 Å². The number of carbonyl (C=O) groups is 1. The minimum atomic E-state index is -3.54. The average Bonchev–Trinajstić information content (AvgIpc) is 2.96. The zero-order chi connectivity index (χ0) is 14.8. The monoisotopic (exact) mass is 319 g/mol. The van der Waals surface area contributed by atoms with Crippen molar-refractivity contribution >= 4 is 27.3 Å². The third-order valence-electron chi connectivity index (χ3n) is 3.35. The Labute approximate surface area is 121 Å². The van der Waals surface area contributed by atoms with Gasteiger partial charge in [-0.25, -0.2) is 17.9 Å². The van der Waals surface area contributed by atoms with Gasteiger partial charge in [-0.1, -0.05) is 0 Å². The number of methoxy groups -OCH3 is 1. The summed E-state index contributed by atoms with van der Waals surface area (Å²) in [5.74, 6) is -1.39. The smallest absolute Gasteiger partial charge is 0.346 e. The second-order valence-electron chi connectivity index (χ2n) is 4.82. The summed E-state index contributed by atoms with van der Waals surface area (Å²) in [4.78, 5) is 11.1. The second kappa shape index (κ2) is 6.21. The van der Waals surface area contributed by atoms with Crippen LogP contribution in [0.1, 0.15) is 34.5 Å². The number of hydrogen-bond donors (Lipinski definition) is 2. The van der Waals surface area contributed by atoms with Crippen LogP contribution >= 0.6 is 11.3 Å². The first-order valence-electron chi connectivity index (χ1n) is 6.23. The third-order valence-corrected chi connectivity index (χ3v) is 5.68. The summed E-state index contributed by atoms with van der Waals surface area (Å²) < 4.78 is 32.0. The van der Waals surface area contributed by atoms with Crippen molar-refractivity contribution in [1.82, 2.24) is 4.72 Å². The standard InChI is InChI=1S/C12H17NO5S2/c1-18-10-3-2-9(6-10)13-20(16,17)7-8-4-5-19-11(8)12(14)15/h4-5,9-10,13H,2-3,6-7H2,1H3,(H,14,15)/t9-,10+/m0/s1. The minimum Gasteiger partial charge on any atom is -0.477 e. The zero-order valence-electron chi connectivity index (χ0n) is 11.0. The lowest BCUT2D eigenvalue weighted by Gasteiger charge is -2.13. The van der Waals surface area contributed by atoms with Gasteiger partial charge in [0, 0.05) is 13.2 Å². The van der Waals surface area contributed by atoms with Crippen LogP contribution in [-0.4, -0.2) is 38.7 Å². The van der Waals surface area contributed by atoms with Gasteiger partial charge < -0.3 is 9.84 Å². The van der Waals surface area contributed by atoms with Crippen molar-refractivity contribution in [2.75, 3.05) is 7.11 Å². The van der Waals surface area contributed by atoms with Crippen molar-refractivity contribution in [3.8, 4) is 0 Å². The fourth-order valence-corrected chi connectivity index (χ4v) is 4.71. The maximum atomic E-state index is 12.1. The summed E-state index contributed by atoms with van der Waals surface area (Å²) in [5, 5.41) is 10.6. The number of thiophene rings is 1. The largest absolute Gasteiger partial charge is 0.477 e. The molecule has 2 atom stereocenters. The van der Waals surface area contributed by atoms with Gasteiger partial charge in [0.1, 0.15) is 4.88 Å². The van der Waals surface area contributed by atoms with Gasteiger partial charge in [-0.05, 0) is 36.3 Å². The maximum absolute atomic E-state index is 12.1. The number of rotatable bonds is 6. The van der Waals surface area contributed by atoms with Gasteiger partial charge in [0.15, 0.2) is 0 Å². The molecule has 0 saturated heterocycles. The molecule has 1 saturated carbocycles. The van der Waals surface area contributed by atoms with E-state index >= 15 is 0 Å². The van der Waals surface area contributed by atoms with E-state index in [-0.39, 0.29) is 22.8 Å². The lowest BCUT2D eigenvalue weighted by molar-refractivity contribution is 0.0701. The molecule has 1 aliphatic rings. The predicted octanol–water partition coefficient (Wildman–Crippen LogP) is 1.43. The molecule has 112 valence electrons. The quantitative estimate of drug-likeness (QED) is 0.827. The number of ether oxygens (including phenoxy) is 1. The average molecular weight is 319 g/mol. The summed E-state index contributed by atoms with van der Waals surface area (Å²) in [6.07, 6.45) is 2.33. The van der Waals surface area contributed by atoms with Crippen molar-refractivity contribution in [1.29, 1.82) is 0 Å². The normalized spacial score (nSPS) is 23.1. The van der Waals surface area contributed by atoms with Crippen LogP contribution < -0.4 is 4.72 Å². The molecule has 0 unspecified atom stereocenters. The summed E-state index contributed by atoms with van der Waals surface area (Å²) >= 11 is 1.03. The van der Waals surface area contributed by atoms with Gasteiger partial charge in [0.2, 0.25) is 10.0 Å². The Morgan fingerprint density at radius 3 is 2.90 bits per heavy atom. The number of hydrogen-bond acceptors (Lipinski definition) is 5. The van der Waals surface area contributed by atoms with Crippen LogP contribution in [0.5, 0.6) is 0 Å². The molecule has 1 heterocycles. The predicted molar refractivity (Wildman–Crippen MR) is 75.5 cm³/mol. The van der Waals surface area contributed by atoms with E-state index in [4.69, 9.17) is 9.84 Å². The lowest BCUT2D eigenvalue weighted by atomic mass is 10.3. The Morgan fingerprint density at radius 1 is 1.55 bits per heavy atom. The van der Waals surface area contributed by atoms with E-state index in [2.05, 4.69) is 4.72 Å². The molecule has 6 nitrogen and oxygen atoms in total. The van der Waals surface area contributed by atoms with Crippen LogP contribution in [0.3, 0.4) is 0 Å². The van der Waals surface area contributed by atoms with E-state index in [9.17, 15) is 13.2 Å². The SMILES string of the molecule is CO[C@@H]1CC[C@H](NS(=O)(=O)Cc2ccsc2C(=O)O)C1. The van der Waals surface area contributed by atoms with Crippen LogP contribution in [0, 0.1) is 0 Å². The van der Waals surface area contributed by atoms with Crippen molar-refractivity contribution in [2.24, 2.45) is 0 Å². The Bertz CT molecular complexity index is 580. The van der Waals surface area contributed by atoms with Gasteiger partial charge in [-0.15, -0.1) is 11.3 Å². The Morgan fingerprint density at radius 2 is 2.30 bits per heavy atom. The maximum Gasteiger partial charge on any atom is 0.346 e.